The van der Waals surface area contributed by atoms with Crippen molar-refractivity contribution in [1.29, 1.82) is 0 Å². The number of primary amides is 1. The summed E-state index contributed by atoms with van der Waals surface area (Å²) in [6, 6.07) is 15.1. The van der Waals surface area contributed by atoms with E-state index in [1.54, 1.807) is 0 Å². The third-order valence-corrected chi connectivity index (χ3v) is 6.77. The van der Waals surface area contributed by atoms with Gasteiger partial charge in [-0.05, 0) is 42.9 Å². The van der Waals surface area contributed by atoms with Gasteiger partial charge in [0, 0.05) is 29.2 Å². The first-order valence-corrected chi connectivity index (χ1v) is 10.4. The highest BCUT2D eigenvalue weighted by atomic mass is 16.1. The van der Waals surface area contributed by atoms with Crippen LogP contribution >= 0.6 is 0 Å². The number of hydrogen-bond donors (Lipinski definition) is 1. The van der Waals surface area contributed by atoms with Crippen molar-refractivity contribution in [3.63, 3.8) is 0 Å². The van der Waals surface area contributed by atoms with Crippen molar-refractivity contribution in [3.05, 3.63) is 64.7 Å². The Balaban J connectivity index is 1.73. The van der Waals surface area contributed by atoms with Crippen LogP contribution in [0.3, 0.4) is 0 Å². The zero-order chi connectivity index (χ0) is 18.4. The van der Waals surface area contributed by atoms with Crippen molar-refractivity contribution < 1.29 is 9.37 Å². The molecule has 138 valence electrons. The summed E-state index contributed by atoms with van der Waals surface area (Å²) in [7, 11) is 0. The van der Waals surface area contributed by atoms with Gasteiger partial charge in [0.05, 0.1) is 5.92 Å². The summed E-state index contributed by atoms with van der Waals surface area (Å²) in [6.07, 6.45) is 8.92. The number of nitrogens with zero attached hydrogens (tertiary/aromatic N) is 1. The highest BCUT2D eigenvalue weighted by Gasteiger charge is 2.45. The number of amides is 1. The molecule has 2 aromatic rings. The van der Waals surface area contributed by atoms with Gasteiger partial charge in [-0.2, -0.15) is 4.58 Å². The smallest absolute Gasteiger partial charge is 0.248 e. The van der Waals surface area contributed by atoms with Crippen molar-refractivity contribution in [1.82, 2.24) is 0 Å². The zero-order valence-electron chi connectivity index (χ0n) is 15.8. The van der Waals surface area contributed by atoms with Gasteiger partial charge in [-0.25, -0.2) is 0 Å². The second kappa shape index (κ2) is 6.63. The molecule has 1 fully saturated rings. The molecule has 0 aromatic heterocycles. The maximum atomic E-state index is 11.8. The summed E-state index contributed by atoms with van der Waals surface area (Å²) < 4.78 is 2.51. The van der Waals surface area contributed by atoms with Crippen LogP contribution in [-0.2, 0) is 6.42 Å². The lowest BCUT2D eigenvalue weighted by atomic mass is 9.73. The molecule has 0 bridgehead atoms. The Kier molecular flexibility index (Phi) is 4.11. The van der Waals surface area contributed by atoms with E-state index in [4.69, 9.17) is 5.73 Å². The second-order valence-corrected chi connectivity index (χ2v) is 8.31. The minimum atomic E-state index is -0.337. The van der Waals surface area contributed by atoms with Crippen LogP contribution in [0.1, 0.15) is 71.5 Å². The Hall–Kier alpha value is -2.42. The van der Waals surface area contributed by atoms with E-state index in [1.165, 1.54) is 60.2 Å². The number of carbonyl (C=O) groups excluding carboxylic acids is 1. The van der Waals surface area contributed by atoms with E-state index in [0.29, 0.717) is 17.4 Å². The monoisotopic (exact) mass is 359 g/mol. The average molecular weight is 359 g/mol. The van der Waals surface area contributed by atoms with Crippen LogP contribution < -0.4 is 5.73 Å². The van der Waals surface area contributed by atoms with E-state index in [-0.39, 0.29) is 5.91 Å². The maximum Gasteiger partial charge on any atom is 0.248 e. The number of benzene rings is 2. The Labute approximate surface area is 160 Å². The average Bonchev–Trinajstić information content (AvgIpc) is 2.90. The van der Waals surface area contributed by atoms with E-state index < -0.39 is 0 Å². The van der Waals surface area contributed by atoms with Crippen LogP contribution in [0.15, 0.2) is 42.5 Å². The Morgan fingerprint density at radius 3 is 2.63 bits per heavy atom. The molecule has 5 rings (SSSR count). The van der Waals surface area contributed by atoms with E-state index in [1.807, 2.05) is 12.1 Å². The van der Waals surface area contributed by atoms with Crippen LogP contribution in [0.2, 0.25) is 0 Å². The molecule has 1 saturated carbocycles. The SMILES string of the molecule is NC(=O)c1ccc2c(c1)[N+]1=C(c3ccccc3CCC1)C2C1CCCCC1. The molecule has 2 heterocycles. The van der Waals surface area contributed by atoms with Crippen LogP contribution in [0.4, 0.5) is 5.69 Å². The quantitative estimate of drug-likeness (QED) is 0.786. The van der Waals surface area contributed by atoms with Gasteiger partial charge in [-0.3, -0.25) is 4.79 Å². The summed E-state index contributed by atoms with van der Waals surface area (Å²) in [4.78, 5) is 11.8. The fourth-order valence-corrected chi connectivity index (χ4v) is 5.55. The predicted molar refractivity (Wildman–Crippen MR) is 108 cm³/mol. The fraction of sp³-hybridized carbons (Fsp3) is 0.417. The maximum absolute atomic E-state index is 11.8. The summed E-state index contributed by atoms with van der Waals surface area (Å²) in [6.45, 7) is 1.02. The predicted octanol–water partition coefficient (Wildman–Crippen LogP) is 4.54. The molecule has 1 unspecified atom stereocenters. The Bertz CT molecular complexity index is 937. The lowest BCUT2D eigenvalue weighted by Gasteiger charge is -2.27. The van der Waals surface area contributed by atoms with Crippen LogP contribution in [-0.4, -0.2) is 22.7 Å². The first-order valence-electron chi connectivity index (χ1n) is 10.4. The van der Waals surface area contributed by atoms with E-state index in [0.717, 1.165) is 19.4 Å². The van der Waals surface area contributed by atoms with Crippen LogP contribution in [0, 0.1) is 5.92 Å². The number of nitrogens with two attached hydrogens (primary N) is 1. The summed E-state index contributed by atoms with van der Waals surface area (Å²) in [5.74, 6) is 0.806. The van der Waals surface area contributed by atoms with Crippen molar-refractivity contribution in [2.75, 3.05) is 6.54 Å². The molecule has 27 heavy (non-hydrogen) atoms. The normalized spacial score (nSPS) is 22.0. The van der Waals surface area contributed by atoms with Gasteiger partial charge in [0.1, 0.15) is 6.54 Å². The molecule has 0 saturated heterocycles. The van der Waals surface area contributed by atoms with Gasteiger partial charge in [0.15, 0.2) is 5.71 Å². The lowest BCUT2D eigenvalue weighted by molar-refractivity contribution is -0.437. The summed E-state index contributed by atoms with van der Waals surface area (Å²) in [5.41, 5.74) is 13.2. The van der Waals surface area contributed by atoms with Crippen molar-refractivity contribution in [2.45, 2.75) is 50.9 Å². The molecule has 2 aliphatic heterocycles. The molecule has 2 aromatic carbocycles. The van der Waals surface area contributed by atoms with E-state index >= 15 is 0 Å². The molecule has 1 atom stereocenters. The lowest BCUT2D eigenvalue weighted by Crippen LogP contribution is -2.25. The minimum Gasteiger partial charge on any atom is -0.366 e. The molecule has 3 aliphatic rings. The van der Waals surface area contributed by atoms with Crippen molar-refractivity contribution in [3.8, 4) is 0 Å². The second-order valence-electron chi connectivity index (χ2n) is 8.31. The molecule has 1 amide bonds. The molecule has 0 radical (unpaired) electrons. The zero-order valence-corrected chi connectivity index (χ0v) is 15.8. The van der Waals surface area contributed by atoms with Crippen LogP contribution in [0.25, 0.3) is 0 Å². The first-order chi connectivity index (χ1) is 13.2. The van der Waals surface area contributed by atoms with Gasteiger partial charge in [0.25, 0.3) is 0 Å². The largest absolute Gasteiger partial charge is 0.366 e. The third kappa shape index (κ3) is 2.72. The Morgan fingerprint density at radius 1 is 1.00 bits per heavy atom. The van der Waals surface area contributed by atoms with Crippen molar-refractivity contribution >= 4 is 17.3 Å². The van der Waals surface area contributed by atoms with E-state index in [9.17, 15) is 4.79 Å². The van der Waals surface area contributed by atoms with Gasteiger partial charge < -0.3 is 5.73 Å². The van der Waals surface area contributed by atoms with Gasteiger partial charge in [-0.1, -0.05) is 43.5 Å². The molecule has 1 aliphatic carbocycles. The van der Waals surface area contributed by atoms with Crippen LogP contribution in [0.5, 0.6) is 0 Å². The van der Waals surface area contributed by atoms with Gasteiger partial charge >= 0.3 is 0 Å². The molecule has 3 nitrogen and oxygen atoms in total. The van der Waals surface area contributed by atoms with E-state index in [2.05, 4.69) is 34.9 Å². The number of aryl methyl sites for hydroxylation is 1. The number of rotatable bonds is 2. The molecule has 3 heteroatoms. The Morgan fingerprint density at radius 2 is 1.81 bits per heavy atom. The standard InChI is InChI=1S/C24H26N2O/c25-24(27)18-12-13-20-21(15-18)26-14-6-10-16-7-4-5-11-19(16)23(26)22(20)17-8-2-1-3-9-17/h4-5,7,11-13,15,17,22H,1-3,6,8-10,14H2,(H-,25,27)/p+1. The molecular weight excluding hydrogens is 332 g/mol. The minimum absolute atomic E-state index is 0.337. The number of hydrogen-bond acceptors (Lipinski definition) is 1. The van der Waals surface area contributed by atoms with Crippen molar-refractivity contribution in [2.24, 2.45) is 11.7 Å². The van der Waals surface area contributed by atoms with Gasteiger partial charge in [-0.15, -0.1) is 0 Å². The summed E-state index contributed by atoms with van der Waals surface area (Å²) >= 11 is 0. The highest BCUT2D eigenvalue weighted by molar-refractivity contribution is 6.06. The number of carbonyl (C=O) groups is 1. The summed E-state index contributed by atoms with van der Waals surface area (Å²) in [5, 5.41) is 0. The molecule has 2 N–H and O–H groups in total. The first kappa shape index (κ1) is 16.7. The number of fused-ring (bicyclic) bond motifs is 4. The fourth-order valence-electron chi connectivity index (χ4n) is 5.55. The molecule has 0 spiro atoms. The highest BCUT2D eigenvalue weighted by Crippen LogP contribution is 2.47. The van der Waals surface area contributed by atoms with Gasteiger partial charge in [0.2, 0.25) is 11.6 Å². The topological polar surface area (TPSA) is 46.1 Å². The molecular formula is C24H27N2O+. The third-order valence-electron chi connectivity index (χ3n) is 6.77.